The second-order valence-corrected chi connectivity index (χ2v) is 67.2. The SMILES string of the molecule is C.C.C.C.C.C.C#CC#CC#CC#CC#CC.CCCCCCCCCCC[Si](C)(C)O[Si](C)(C)O[Si](C)(C)C.C[SiH](C)O[Si](C)(C)O[Si](C)(C)CCCCCCCCCCC(=O)O[Si](C)(C)C.C[Si](C)(C)O[Si](C)(C)O[Si](C)(C)C. The van der Waals surface area contributed by atoms with E-state index < -0.39 is 84.6 Å². The third-order valence-electron chi connectivity index (χ3n) is 10.0. The van der Waals surface area contributed by atoms with Gasteiger partial charge in [0.15, 0.2) is 50.6 Å². The molecule has 81 heavy (non-hydrogen) atoms. The lowest BCUT2D eigenvalue weighted by atomic mass is 10.1. The summed E-state index contributed by atoms with van der Waals surface area (Å²) in [6.07, 6.45) is 27.9. The van der Waals surface area contributed by atoms with E-state index in [0.29, 0.717) is 6.42 Å². The van der Waals surface area contributed by atoms with Crippen molar-refractivity contribution in [3.63, 3.8) is 0 Å². The zero-order chi connectivity index (χ0) is 59.1. The number of unbranched alkanes of at least 4 members (excludes halogenated alkanes) is 15. The van der Waals surface area contributed by atoms with Crippen molar-refractivity contribution in [1.82, 2.24) is 0 Å². The molecule has 0 aliphatic rings. The monoisotopic (exact) mass is 1310 g/mol. The summed E-state index contributed by atoms with van der Waals surface area (Å²) in [5.41, 5.74) is 0. The number of carbonyl (C=O) groups is 1. The average Bonchev–Trinajstić information content (AvgIpc) is 3.16. The first-order valence-corrected chi connectivity index (χ1v) is 59.9. The molecule has 0 saturated heterocycles. The molecule has 8 nitrogen and oxygen atoms in total. The molecule has 0 aromatic heterocycles. The molecule has 0 N–H and O–H groups in total. The van der Waals surface area contributed by atoms with Crippen molar-refractivity contribution in [3.05, 3.63) is 0 Å². The highest BCUT2D eigenvalue weighted by molar-refractivity contribution is 6.88. The van der Waals surface area contributed by atoms with Crippen molar-refractivity contribution in [1.29, 1.82) is 0 Å². The molecule has 0 aromatic rings. The molecule has 0 radical (unpaired) electrons. The van der Waals surface area contributed by atoms with Crippen LogP contribution in [0.3, 0.4) is 0 Å². The van der Waals surface area contributed by atoms with Gasteiger partial charge in [0.05, 0.1) is 0 Å². The van der Waals surface area contributed by atoms with Crippen molar-refractivity contribution in [2.45, 2.75) is 343 Å². The molecule has 0 amide bonds. The summed E-state index contributed by atoms with van der Waals surface area (Å²) in [7, 11) is -16.0. The Labute approximate surface area is 523 Å². The van der Waals surface area contributed by atoms with Gasteiger partial charge in [0.1, 0.15) is 0 Å². The van der Waals surface area contributed by atoms with Crippen molar-refractivity contribution >= 4 is 90.6 Å². The smallest absolute Gasteiger partial charge is 0.311 e. The van der Waals surface area contributed by atoms with Crippen LogP contribution >= 0.6 is 0 Å². The quantitative estimate of drug-likeness (QED) is 0.0358. The molecular formula is C63H144O8Si10. The summed E-state index contributed by atoms with van der Waals surface area (Å²) in [6, 6.07) is 2.53. The first-order valence-electron chi connectivity index (χ1n) is 28.8. The number of carbonyl (C=O) groups excluding carboxylic acids is 1. The van der Waals surface area contributed by atoms with Gasteiger partial charge in [0, 0.05) is 6.42 Å². The third kappa shape index (κ3) is 88.1. The highest BCUT2D eigenvalue weighted by Gasteiger charge is 2.38. The Kier molecular flexibility index (Phi) is 67.3. The zero-order valence-electron chi connectivity index (χ0n) is 54.1. The topological polar surface area (TPSA) is 81.7 Å². The summed E-state index contributed by atoms with van der Waals surface area (Å²) in [6.45, 7) is 57.4. The fraction of sp³-hybridized carbons (Fsp3) is 0.825. The predicted octanol–water partition coefficient (Wildman–Crippen LogP) is 22.0. The van der Waals surface area contributed by atoms with E-state index in [1.54, 1.807) is 6.92 Å². The molecule has 0 unspecified atom stereocenters. The molecular weight excluding hydrogens is 1170 g/mol. The van der Waals surface area contributed by atoms with E-state index >= 15 is 0 Å². The van der Waals surface area contributed by atoms with Crippen molar-refractivity contribution in [2.24, 2.45) is 0 Å². The number of terminal acetylenes is 1. The fourth-order valence-electron chi connectivity index (χ4n) is 8.67. The predicted molar refractivity (Wildman–Crippen MR) is 397 cm³/mol. The van der Waals surface area contributed by atoms with E-state index in [-0.39, 0.29) is 50.5 Å². The number of hydrogen-bond donors (Lipinski definition) is 0. The molecule has 0 fully saturated rings. The van der Waals surface area contributed by atoms with E-state index in [4.69, 9.17) is 35.5 Å². The molecule has 0 bridgehead atoms. The van der Waals surface area contributed by atoms with Gasteiger partial charge < -0.3 is 29.1 Å². The summed E-state index contributed by atoms with van der Waals surface area (Å²) in [5, 5.41) is 0. The molecule has 0 atom stereocenters. The Balaban J connectivity index is -0.000000107. The standard InChI is InChI=1S/C20H48O4Si4.C18H44O2Si3.C11H4.C8H24O2Si3.6CH4/c1-25(2)23-28(8,9)24-27(6,7)19-17-15-13-11-10-12-14-16-18-20(21)22-26(3,4)5;1-9-10-11-12-13-14-15-16-17-18-22(5,6)20-23(7,8)19-21(2,3)4;1-3-5-7-9-11-10-8-6-4-2;1-11(2,3)9-13(7,8)10-12(4,5)6;;;;;;/h25H,10-19H2,1-9H3;9-18H2,1-8H3;1H,2H3;1-8H3;6*1H4. The lowest BCUT2D eigenvalue weighted by molar-refractivity contribution is -0.135. The van der Waals surface area contributed by atoms with Crippen LogP contribution in [0.4, 0.5) is 0 Å². The molecule has 0 aromatic carbocycles. The second-order valence-electron chi connectivity index (χ2n) is 26.5. The first-order chi connectivity index (χ1) is 34.0. The Bertz CT molecular complexity index is 1790. The molecule has 0 spiro atoms. The molecule has 484 valence electrons. The fourth-order valence-corrected chi connectivity index (χ4v) is 47.1. The molecule has 0 rings (SSSR count). The normalized spacial score (nSPS) is 11.3. The van der Waals surface area contributed by atoms with Crippen LogP contribution in [-0.4, -0.2) is 90.6 Å². The van der Waals surface area contributed by atoms with Gasteiger partial charge >= 0.3 is 25.7 Å². The third-order valence-corrected chi connectivity index (χ3v) is 39.7. The van der Waals surface area contributed by atoms with Gasteiger partial charge in [-0.3, -0.25) is 4.79 Å². The van der Waals surface area contributed by atoms with Gasteiger partial charge in [-0.15, -0.1) is 6.42 Å². The van der Waals surface area contributed by atoms with Crippen LogP contribution in [0.5, 0.6) is 0 Å². The largest absolute Gasteiger partial charge is 0.520 e. The van der Waals surface area contributed by atoms with Gasteiger partial charge in [0.2, 0.25) is 8.32 Å². The van der Waals surface area contributed by atoms with Gasteiger partial charge in [0.25, 0.3) is 5.97 Å². The zero-order valence-corrected chi connectivity index (χ0v) is 64.2. The van der Waals surface area contributed by atoms with E-state index in [0.717, 1.165) is 12.8 Å². The Morgan fingerprint density at radius 1 is 0.383 bits per heavy atom. The van der Waals surface area contributed by atoms with Crippen LogP contribution in [0.15, 0.2) is 0 Å². The summed E-state index contributed by atoms with van der Waals surface area (Å²) in [4.78, 5) is 11.7. The summed E-state index contributed by atoms with van der Waals surface area (Å²) >= 11 is 0. The first kappa shape index (κ1) is 102. The van der Waals surface area contributed by atoms with Crippen LogP contribution in [0, 0.1) is 59.7 Å². The van der Waals surface area contributed by atoms with Gasteiger partial charge in [-0.1, -0.05) is 160 Å². The number of rotatable bonds is 34. The van der Waals surface area contributed by atoms with Gasteiger partial charge in [-0.05, 0) is 230 Å². The van der Waals surface area contributed by atoms with Crippen molar-refractivity contribution in [3.8, 4) is 59.7 Å². The minimum Gasteiger partial charge on any atom is -0.520 e. The van der Waals surface area contributed by atoms with E-state index in [1.807, 2.05) is 0 Å². The maximum Gasteiger partial charge on any atom is 0.311 e. The molecule has 0 aliphatic carbocycles. The number of hydrogen-bond acceptors (Lipinski definition) is 8. The lowest BCUT2D eigenvalue weighted by Crippen LogP contribution is -2.51. The maximum absolute atomic E-state index is 11.7. The Hall–Kier alpha value is -0.801. The molecule has 0 saturated carbocycles. The highest BCUT2D eigenvalue weighted by Crippen LogP contribution is 2.26. The van der Waals surface area contributed by atoms with E-state index in [1.165, 1.54) is 108 Å². The minimum absolute atomic E-state index is 0. The van der Waals surface area contributed by atoms with E-state index in [9.17, 15) is 4.79 Å². The van der Waals surface area contributed by atoms with Crippen LogP contribution in [-0.2, 0) is 33.9 Å². The lowest BCUT2D eigenvalue weighted by Gasteiger charge is -2.37. The molecule has 0 heterocycles. The minimum atomic E-state index is -1.94. The average molecular weight is 1310 g/mol. The summed E-state index contributed by atoms with van der Waals surface area (Å²) < 4.78 is 43.2. The van der Waals surface area contributed by atoms with Gasteiger partial charge in [-0.25, -0.2) is 0 Å². The maximum atomic E-state index is 11.7. The van der Waals surface area contributed by atoms with Gasteiger partial charge in [-0.2, -0.15) is 0 Å². The van der Waals surface area contributed by atoms with Crippen molar-refractivity contribution in [2.75, 3.05) is 0 Å². The Morgan fingerprint density at radius 2 is 0.667 bits per heavy atom. The Morgan fingerprint density at radius 3 is 0.963 bits per heavy atom. The van der Waals surface area contributed by atoms with Crippen LogP contribution in [0.25, 0.3) is 0 Å². The summed E-state index contributed by atoms with van der Waals surface area (Å²) in [5.74, 6) is 22.0. The van der Waals surface area contributed by atoms with Crippen LogP contribution < -0.4 is 0 Å². The molecule has 18 heteroatoms. The van der Waals surface area contributed by atoms with Crippen LogP contribution in [0.1, 0.15) is 174 Å². The highest BCUT2D eigenvalue weighted by atomic mass is 28.5. The van der Waals surface area contributed by atoms with Crippen LogP contribution in [0.2, 0.25) is 169 Å². The second kappa shape index (κ2) is 53.4. The molecule has 0 aliphatic heterocycles. The van der Waals surface area contributed by atoms with E-state index in [2.05, 4.69) is 217 Å². The van der Waals surface area contributed by atoms with Crippen molar-refractivity contribution < 1.29 is 33.9 Å².